The van der Waals surface area contributed by atoms with E-state index in [1.54, 1.807) is 4.31 Å². The molecule has 1 aliphatic heterocycles. The smallest absolute Gasteiger partial charge is 0.207 e. The maximum absolute atomic E-state index is 13.4. The Labute approximate surface area is 152 Å². The van der Waals surface area contributed by atoms with Gasteiger partial charge >= 0.3 is 0 Å². The minimum atomic E-state index is -3.44. The van der Waals surface area contributed by atoms with Crippen molar-refractivity contribution in [3.05, 3.63) is 28.8 Å². The van der Waals surface area contributed by atoms with Gasteiger partial charge in [0, 0.05) is 24.6 Å². The second-order valence-electron chi connectivity index (χ2n) is 7.51. The Kier molecular flexibility index (Phi) is 6.43. The van der Waals surface area contributed by atoms with Gasteiger partial charge in [-0.2, -0.15) is 16.1 Å². The fourth-order valence-electron chi connectivity index (χ4n) is 3.10. The summed E-state index contributed by atoms with van der Waals surface area (Å²) in [5.41, 5.74) is 3.18. The Morgan fingerprint density at radius 3 is 1.71 bits per heavy atom. The normalized spacial score (nSPS) is 17.2. The highest BCUT2D eigenvalue weighted by Gasteiger charge is 2.32. The highest BCUT2D eigenvalue weighted by atomic mass is 32.2. The Morgan fingerprint density at radius 2 is 1.33 bits per heavy atom. The van der Waals surface area contributed by atoms with E-state index in [1.165, 1.54) is 5.56 Å². The number of benzene rings is 1. The van der Waals surface area contributed by atoms with Crippen molar-refractivity contribution >= 4 is 21.8 Å². The molecule has 0 amide bonds. The molecule has 24 heavy (non-hydrogen) atoms. The van der Waals surface area contributed by atoms with E-state index in [0.29, 0.717) is 23.9 Å². The fourth-order valence-corrected chi connectivity index (χ4v) is 6.34. The predicted molar refractivity (Wildman–Crippen MR) is 105 cm³/mol. The predicted octanol–water partition coefficient (Wildman–Crippen LogP) is 4.79. The average molecular weight is 370 g/mol. The van der Waals surface area contributed by atoms with Gasteiger partial charge in [-0.3, -0.25) is 0 Å². The zero-order chi connectivity index (χ0) is 18.1. The molecule has 0 radical (unpaired) electrons. The molecule has 0 aromatic heterocycles. The number of nitrogens with zero attached hydrogens (tertiary/aromatic N) is 1. The summed E-state index contributed by atoms with van der Waals surface area (Å²) in [6.45, 7) is 13.9. The highest BCUT2D eigenvalue weighted by Crippen LogP contribution is 2.37. The summed E-state index contributed by atoms with van der Waals surface area (Å²) in [7, 11) is -3.44. The van der Waals surface area contributed by atoms with Crippen molar-refractivity contribution < 1.29 is 8.42 Å². The Balaban J connectivity index is 2.70. The van der Waals surface area contributed by atoms with E-state index in [2.05, 4.69) is 53.7 Å². The minimum absolute atomic E-state index is 0.185. The summed E-state index contributed by atoms with van der Waals surface area (Å²) in [6, 6.07) is 4.24. The van der Waals surface area contributed by atoms with Crippen molar-refractivity contribution in [3.63, 3.8) is 0 Å². The van der Waals surface area contributed by atoms with Crippen LogP contribution in [0, 0.1) is 0 Å². The molecule has 5 heteroatoms. The Bertz CT molecular complexity index is 644. The van der Waals surface area contributed by atoms with Crippen LogP contribution >= 0.6 is 11.8 Å². The molecule has 0 N–H and O–H groups in total. The highest BCUT2D eigenvalue weighted by molar-refractivity contribution is 7.99. The molecule has 1 fully saturated rings. The first-order valence-electron chi connectivity index (χ1n) is 8.91. The molecule has 1 saturated heterocycles. The van der Waals surface area contributed by atoms with Crippen molar-refractivity contribution in [2.45, 2.75) is 64.2 Å². The fraction of sp³-hybridized carbons (Fsp3) is 0.684. The van der Waals surface area contributed by atoms with E-state index < -0.39 is 10.0 Å². The van der Waals surface area contributed by atoms with Crippen LogP contribution in [0.1, 0.15) is 76.0 Å². The zero-order valence-corrected chi connectivity index (χ0v) is 17.4. The van der Waals surface area contributed by atoms with Gasteiger partial charge in [0.1, 0.15) is 0 Å². The summed E-state index contributed by atoms with van der Waals surface area (Å²) < 4.78 is 28.6. The quantitative estimate of drug-likeness (QED) is 0.748. The lowest BCUT2D eigenvalue weighted by atomic mass is 9.89. The maximum atomic E-state index is 13.4. The molecular formula is C19H31NO2S2. The number of thioether (sulfide) groups is 1. The summed E-state index contributed by atoms with van der Waals surface area (Å²) >= 11 is 1.83. The Hall–Kier alpha value is -0.520. The molecule has 0 unspecified atom stereocenters. The van der Waals surface area contributed by atoms with Crippen LogP contribution in [-0.2, 0) is 10.0 Å². The van der Waals surface area contributed by atoms with Crippen molar-refractivity contribution in [1.29, 1.82) is 0 Å². The molecular weight excluding hydrogens is 338 g/mol. The van der Waals surface area contributed by atoms with Gasteiger partial charge in [-0.25, -0.2) is 8.42 Å². The standard InChI is InChI=1S/C19H31NO2S2/c1-13(2)16-11-17(14(3)4)19(18(12-16)15(5)6)24(21,22)20-7-9-23-10-8-20/h11-15H,7-10H2,1-6H3. The van der Waals surface area contributed by atoms with E-state index in [9.17, 15) is 8.42 Å². The van der Waals surface area contributed by atoms with Crippen LogP contribution in [0.5, 0.6) is 0 Å². The molecule has 0 spiro atoms. The van der Waals surface area contributed by atoms with Gasteiger partial charge in [0.15, 0.2) is 0 Å². The van der Waals surface area contributed by atoms with Crippen molar-refractivity contribution in [2.24, 2.45) is 0 Å². The third-order valence-corrected chi connectivity index (χ3v) is 7.62. The first kappa shape index (κ1) is 19.8. The van der Waals surface area contributed by atoms with E-state index in [1.807, 2.05) is 11.8 Å². The van der Waals surface area contributed by atoms with Crippen LogP contribution in [0.2, 0.25) is 0 Å². The second-order valence-corrected chi connectivity index (χ2v) is 10.6. The summed E-state index contributed by atoms with van der Waals surface area (Å²) in [4.78, 5) is 0.573. The zero-order valence-electron chi connectivity index (χ0n) is 15.8. The van der Waals surface area contributed by atoms with Gasteiger partial charge in [-0.15, -0.1) is 0 Å². The van der Waals surface area contributed by atoms with Crippen LogP contribution < -0.4 is 0 Å². The van der Waals surface area contributed by atoms with E-state index in [4.69, 9.17) is 0 Å². The lowest BCUT2D eigenvalue weighted by Crippen LogP contribution is -2.39. The number of hydrogen-bond donors (Lipinski definition) is 0. The molecule has 136 valence electrons. The molecule has 1 aromatic rings. The van der Waals surface area contributed by atoms with Crippen LogP contribution in [0.4, 0.5) is 0 Å². The average Bonchev–Trinajstić information content (AvgIpc) is 2.54. The van der Waals surface area contributed by atoms with E-state index >= 15 is 0 Å². The second kappa shape index (κ2) is 7.79. The van der Waals surface area contributed by atoms with Crippen LogP contribution in [0.3, 0.4) is 0 Å². The van der Waals surface area contributed by atoms with Gasteiger partial charge in [-0.05, 0) is 34.4 Å². The molecule has 1 aromatic carbocycles. The number of sulfonamides is 1. The molecule has 1 heterocycles. The summed E-state index contributed by atoms with van der Waals surface area (Å²) in [5, 5.41) is 0. The monoisotopic (exact) mass is 369 g/mol. The van der Waals surface area contributed by atoms with Gasteiger partial charge in [0.2, 0.25) is 10.0 Å². The van der Waals surface area contributed by atoms with Gasteiger partial charge in [0.25, 0.3) is 0 Å². The third kappa shape index (κ3) is 4.00. The summed E-state index contributed by atoms with van der Waals surface area (Å²) in [6.07, 6.45) is 0. The van der Waals surface area contributed by atoms with Crippen LogP contribution in [0.15, 0.2) is 17.0 Å². The molecule has 0 saturated carbocycles. The maximum Gasteiger partial charge on any atom is 0.243 e. The largest absolute Gasteiger partial charge is 0.243 e. The minimum Gasteiger partial charge on any atom is -0.207 e. The lowest BCUT2D eigenvalue weighted by molar-refractivity contribution is 0.441. The van der Waals surface area contributed by atoms with Crippen LogP contribution in [0.25, 0.3) is 0 Å². The van der Waals surface area contributed by atoms with E-state index in [0.717, 1.165) is 22.6 Å². The van der Waals surface area contributed by atoms with Gasteiger partial charge in [0.05, 0.1) is 4.90 Å². The number of hydrogen-bond acceptors (Lipinski definition) is 3. The van der Waals surface area contributed by atoms with Gasteiger partial charge in [-0.1, -0.05) is 53.7 Å². The topological polar surface area (TPSA) is 37.4 Å². The first-order chi connectivity index (χ1) is 11.2. The SMILES string of the molecule is CC(C)c1cc(C(C)C)c(S(=O)(=O)N2CCSCC2)c(C(C)C)c1. The van der Waals surface area contributed by atoms with Gasteiger partial charge < -0.3 is 0 Å². The van der Waals surface area contributed by atoms with Crippen molar-refractivity contribution in [1.82, 2.24) is 4.31 Å². The molecule has 0 aliphatic carbocycles. The van der Waals surface area contributed by atoms with Crippen LogP contribution in [-0.4, -0.2) is 37.3 Å². The molecule has 0 atom stereocenters. The molecule has 2 rings (SSSR count). The molecule has 0 bridgehead atoms. The molecule has 1 aliphatic rings. The Morgan fingerprint density at radius 1 is 0.875 bits per heavy atom. The third-order valence-electron chi connectivity index (χ3n) is 4.65. The number of rotatable bonds is 5. The molecule has 3 nitrogen and oxygen atoms in total. The van der Waals surface area contributed by atoms with E-state index in [-0.39, 0.29) is 11.8 Å². The van der Waals surface area contributed by atoms with Crippen molar-refractivity contribution in [3.8, 4) is 0 Å². The first-order valence-corrected chi connectivity index (χ1v) is 11.5. The van der Waals surface area contributed by atoms with Crippen molar-refractivity contribution in [2.75, 3.05) is 24.6 Å². The lowest BCUT2D eigenvalue weighted by Gasteiger charge is -2.30. The summed E-state index contributed by atoms with van der Waals surface area (Å²) in [5.74, 6) is 2.53.